The quantitative estimate of drug-likeness (QED) is 0.717. The molecule has 0 aromatic heterocycles. The molecule has 1 rings (SSSR count). The van der Waals surface area contributed by atoms with Crippen LogP contribution < -0.4 is 5.32 Å². The molecule has 0 aromatic carbocycles. The van der Waals surface area contributed by atoms with E-state index in [-0.39, 0.29) is 5.54 Å². The van der Waals surface area contributed by atoms with Gasteiger partial charge in [0.2, 0.25) is 0 Å². The molecular formula is C13H26N2. The summed E-state index contributed by atoms with van der Waals surface area (Å²) in [5.41, 5.74) is 0.251. The molecule has 1 fully saturated rings. The van der Waals surface area contributed by atoms with Crippen molar-refractivity contribution >= 4 is 0 Å². The average molecular weight is 210 g/mol. The van der Waals surface area contributed by atoms with E-state index in [1.54, 1.807) is 0 Å². The van der Waals surface area contributed by atoms with Gasteiger partial charge in [0.1, 0.15) is 0 Å². The zero-order chi connectivity index (χ0) is 11.5. The van der Waals surface area contributed by atoms with Crippen molar-refractivity contribution in [3.63, 3.8) is 0 Å². The lowest BCUT2D eigenvalue weighted by Crippen LogP contribution is -2.63. The molecule has 1 aliphatic heterocycles. The molecule has 0 saturated carbocycles. The molecule has 2 atom stereocenters. The summed E-state index contributed by atoms with van der Waals surface area (Å²) in [5.74, 6) is 0. The molecule has 1 N–H and O–H groups in total. The second-order valence-corrected chi connectivity index (χ2v) is 5.37. The van der Waals surface area contributed by atoms with E-state index in [1.165, 1.54) is 6.42 Å². The van der Waals surface area contributed by atoms with Crippen LogP contribution in [0.1, 0.15) is 40.5 Å². The Kier molecular flexibility index (Phi) is 4.35. The van der Waals surface area contributed by atoms with Gasteiger partial charge in [-0.15, -0.1) is 6.58 Å². The molecule has 0 spiro atoms. The number of rotatable bonds is 4. The molecule has 0 bridgehead atoms. The average Bonchev–Trinajstić information content (AvgIpc) is 2.17. The Morgan fingerprint density at radius 2 is 2.27 bits per heavy atom. The molecule has 1 saturated heterocycles. The number of piperazine rings is 1. The predicted octanol–water partition coefficient (Wildman–Crippen LogP) is 2.41. The molecule has 0 aliphatic carbocycles. The van der Waals surface area contributed by atoms with Crippen molar-refractivity contribution in [1.82, 2.24) is 10.2 Å². The summed E-state index contributed by atoms with van der Waals surface area (Å²) in [5, 5.41) is 3.62. The summed E-state index contributed by atoms with van der Waals surface area (Å²) in [6.45, 7) is 15.3. The summed E-state index contributed by atoms with van der Waals surface area (Å²) >= 11 is 0. The summed E-state index contributed by atoms with van der Waals surface area (Å²) in [6, 6.07) is 1.31. The molecule has 1 aliphatic rings. The summed E-state index contributed by atoms with van der Waals surface area (Å²) in [6.07, 6.45) is 4.35. The Hall–Kier alpha value is -0.340. The lowest BCUT2D eigenvalue weighted by Gasteiger charge is -2.47. The van der Waals surface area contributed by atoms with Crippen molar-refractivity contribution in [3.05, 3.63) is 12.7 Å². The Balaban J connectivity index is 2.66. The van der Waals surface area contributed by atoms with Gasteiger partial charge in [-0.2, -0.15) is 0 Å². The van der Waals surface area contributed by atoms with Crippen molar-refractivity contribution in [2.24, 2.45) is 0 Å². The maximum Gasteiger partial charge on any atom is 0.0253 e. The largest absolute Gasteiger partial charge is 0.309 e. The highest BCUT2D eigenvalue weighted by Gasteiger charge is 2.33. The Bertz CT molecular complexity index is 211. The van der Waals surface area contributed by atoms with Gasteiger partial charge in [-0.1, -0.05) is 13.0 Å². The van der Waals surface area contributed by atoms with E-state index in [2.05, 4.69) is 44.5 Å². The summed E-state index contributed by atoms with van der Waals surface area (Å²) in [4.78, 5) is 2.64. The Labute approximate surface area is 94.7 Å². The molecule has 1 heterocycles. The predicted molar refractivity (Wildman–Crippen MR) is 67.1 cm³/mol. The second kappa shape index (κ2) is 5.13. The second-order valence-electron chi connectivity index (χ2n) is 5.37. The third kappa shape index (κ3) is 3.32. The zero-order valence-electron chi connectivity index (χ0n) is 10.7. The van der Waals surface area contributed by atoms with E-state index >= 15 is 0 Å². The number of hydrogen-bond acceptors (Lipinski definition) is 2. The molecule has 2 heteroatoms. The summed E-state index contributed by atoms with van der Waals surface area (Å²) in [7, 11) is 0. The van der Waals surface area contributed by atoms with E-state index in [1.807, 2.05) is 6.08 Å². The van der Waals surface area contributed by atoms with Gasteiger partial charge in [0.15, 0.2) is 0 Å². The fourth-order valence-electron chi connectivity index (χ4n) is 2.42. The molecule has 0 aromatic rings. The monoisotopic (exact) mass is 210 g/mol. The number of nitrogens with zero attached hydrogens (tertiary/aromatic N) is 1. The van der Waals surface area contributed by atoms with Crippen LogP contribution in [0.3, 0.4) is 0 Å². The SMILES string of the molecule is C=CCC(C)N1CC(C)(C)NCC1CC. The topological polar surface area (TPSA) is 15.3 Å². The molecule has 88 valence electrons. The normalized spacial score (nSPS) is 28.7. The maximum absolute atomic E-state index is 3.84. The van der Waals surface area contributed by atoms with Crippen molar-refractivity contribution < 1.29 is 0 Å². The lowest BCUT2D eigenvalue weighted by molar-refractivity contribution is 0.0594. The van der Waals surface area contributed by atoms with Gasteiger partial charge < -0.3 is 5.32 Å². The van der Waals surface area contributed by atoms with Gasteiger partial charge in [-0.05, 0) is 33.6 Å². The fraction of sp³-hybridized carbons (Fsp3) is 0.846. The van der Waals surface area contributed by atoms with Crippen molar-refractivity contribution in [3.8, 4) is 0 Å². The van der Waals surface area contributed by atoms with E-state index in [0.717, 1.165) is 19.5 Å². The first-order valence-corrected chi connectivity index (χ1v) is 6.12. The van der Waals surface area contributed by atoms with Crippen molar-refractivity contribution in [2.45, 2.75) is 58.2 Å². The maximum atomic E-state index is 3.84. The molecule has 0 amide bonds. The Morgan fingerprint density at radius 3 is 2.80 bits per heavy atom. The van der Waals surface area contributed by atoms with Crippen LogP contribution in [0.25, 0.3) is 0 Å². The van der Waals surface area contributed by atoms with E-state index < -0.39 is 0 Å². The molecule has 2 nitrogen and oxygen atoms in total. The van der Waals surface area contributed by atoms with Crippen LogP contribution in [-0.2, 0) is 0 Å². The standard InChI is InChI=1S/C13H26N2/c1-6-8-11(3)15-10-13(4,5)14-9-12(15)7-2/h6,11-12,14H,1,7-10H2,2-5H3. The minimum atomic E-state index is 0.251. The highest BCUT2D eigenvalue weighted by atomic mass is 15.3. The van der Waals surface area contributed by atoms with Gasteiger partial charge in [0.25, 0.3) is 0 Å². The fourth-order valence-corrected chi connectivity index (χ4v) is 2.42. The van der Waals surface area contributed by atoms with E-state index in [9.17, 15) is 0 Å². The van der Waals surface area contributed by atoms with Gasteiger partial charge in [-0.3, -0.25) is 4.90 Å². The highest BCUT2D eigenvalue weighted by Crippen LogP contribution is 2.21. The van der Waals surface area contributed by atoms with Crippen LogP contribution in [0.2, 0.25) is 0 Å². The molecule has 15 heavy (non-hydrogen) atoms. The minimum Gasteiger partial charge on any atom is -0.309 e. The van der Waals surface area contributed by atoms with Crippen LogP contribution in [0, 0.1) is 0 Å². The summed E-state index contributed by atoms with van der Waals surface area (Å²) < 4.78 is 0. The third-order valence-corrected chi connectivity index (χ3v) is 3.41. The Morgan fingerprint density at radius 1 is 1.60 bits per heavy atom. The van der Waals surface area contributed by atoms with Gasteiger partial charge in [-0.25, -0.2) is 0 Å². The number of hydrogen-bond donors (Lipinski definition) is 1. The first kappa shape index (κ1) is 12.7. The molecule has 0 radical (unpaired) electrons. The van der Waals surface area contributed by atoms with Gasteiger partial charge in [0.05, 0.1) is 0 Å². The van der Waals surface area contributed by atoms with Crippen molar-refractivity contribution in [2.75, 3.05) is 13.1 Å². The van der Waals surface area contributed by atoms with Crippen molar-refractivity contribution in [1.29, 1.82) is 0 Å². The lowest BCUT2D eigenvalue weighted by atomic mass is 9.95. The van der Waals surface area contributed by atoms with Gasteiger partial charge in [0, 0.05) is 30.7 Å². The first-order valence-electron chi connectivity index (χ1n) is 6.12. The highest BCUT2D eigenvalue weighted by molar-refractivity contribution is 4.94. The van der Waals surface area contributed by atoms with Crippen LogP contribution >= 0.6 is 0 Å². The number of nitrogens with one attached hydrogen (secondary N) is 1. The first-order chi connectivity index (χ1) is 7.00. The van der Waals surface area contributed by atoms with Gasteiger partial charge >= 0.3 is 0 Å². The van der Waals surface area contributed by atoms with Crippen LogP contribution in [-0.4, -0.2) is 35.6 Å². The van der Waals surface area contributed by atoms with Crippen LogP contribution in [0.15, 0.2) is 12.7 Å². The molecular weight excluding hydrogens is 184 g/mol. The van der Waals surface area contributed by atoms with E-state index in [0.29, 0.717) is 12.1 Å². The minimum absolute atomic E-state index is 0.251. The third-order valence-electron chi connectivity index (χ3n) is 3.41. The van der Waals surface area contributed by atoms with Crippen LogP contribution in [0.5, 0.6) is 0 Å². The smallest absolute Gasteiger partial charge is 0.0253 e. The molecule has 2 unspecified atom stereocenters. The van der Waals surface area contributed by atoms with E-state index in [4.69, 9.17) is 0 Å². The van der Waals surface area contributed by atoms with Crippen LogP contribution in [0.4, 0.5) is 0 Å². The zero-order valence-corrected chi connectivity index (χ0v) is 10.7.